The lowest BCUT2D eigenvalue weighted by molar-refractivity contribution is -0.111. The van der Waals surface area contributed by atoms with Gasteiger partial charge < -0.3 is 0 Å². The van der Waals surface area contributed by atoms with Crippen LogP contribution in [0.2, 0.25) is 0 Å². The van der Waals surface area contributed by atoms with E-state index in [0.29, 0.717) is 6.42 Å². The summed E-state index contributed by atoms with van der Waals surface area (Å²) in [6.45, 7) is 0. The summed E-state index contributed by atoms with van der Waals surface area (Å²) in [5.74, 6) is 0. The summed E-state index contributed by atoms with van der Waals surface area (Å²) in [6, 6.07) is 14.3. The maximum atomic E-state index is 11.1. The molecular formula is C14H9ClOS2. The summed E-state index contributed by atoms with van der Waals surface area (Å²) < 4.78 is 0. The van der Waals surface area contributed by atoms with E-state index < -0.39 is 0 Å². The molecular weight excluding hydrogens is 284 g/mol. The van der Waals surface area contributed by atoms with E-state index in [9.17, 15) is 4.79 Å². The second-order valence-corrected chi connectivity index (χ2v) is 6.48. The van der Waals surface area contributed by atoms with E-state index in [1.807, 2.05) is 24.3 Å². The molecule has 0 unspecified atom stereocenters. The number of carbonyl (C=O) groups excluding carboxylic acids is 1. The SMILES string of the molecule is O=C(Cl)Cc1cccc2c1Sc1ccccc1S2. The molecule has 1 nitrogen and oxygen atoms in total. The summed E-state index contributed by atoms with van der Waals surface area (Å²) in [6.07, 6.45) is 0.292. The van der Waals surface area contributed by atoms with Crippen LogP contribution in [0.3, 0.4) is 0 Å². The third kappa shape index (κ3) is 2.30. The lowest BCUT2D eigenvalue weighted by Gasteiger charge is -2.20. The van der Waals surface area contributed by atoms with E-state index in [2.05, 4.69) is 18.2 Å². The van der Waals surface area contributed by atoms with Gasteiger partial charge in [-0.15, -0.1) is 0 Å². The highest BCUT2D eigenvalue weighted by molar-refractivity contribution is 8.05. The van der Waals surface area contributed by atoms with Gasteiger partial charge in [-0.05, 0) is 35.4 Å². The maximum Gasteiger partial charge on any atom is 0.226 e. The first-order valence-corrected chi connectivity index (χ1v) is 7.50. The Bertz CT molecular complexity index is 625. The van der Waals surface area contributed by atoms with Gasteiger partial charge in [0.25, 0.3) is 0 Å². The van der Waals surface area contributed by atoms with Crippen molar-refractivity contribution in [1.29, 1.82) is 0 Å². The summed E-state index contributed by atoms with van der Waals surface area (Å²) in [5, 5.41) is -0.312. The van der Waals surface area contributed by atoms with Gasteiger partial charge in [-0.25, -0.2) is 0 Å². The molecule has 0 N–H and O–H groups in total. The fourth-order valence-corrected chi connectivity index (χ4v) is 4.44. The first-order valence-electron chi connectivity index (χ1n) is 5.49. The highest BCUT2D eigenvalue weighted by Gasteiger charge is 2.19. The fourth-order valence-electron chi connectivity index (χ4n) is 1.89. The van der Waals surface area contributed by atoms with Crippen molar-refractivity contribution in [3.8, 4) is 0 Å². The quantitative estimate of drug-likeness (QED) is 0.642. The van der Waals surface area contributed by atoms with Gasteiger partial charge in [0.05, 0.1) is 0 Å². The van der Waals surface area contributed by atoms with Gasteiger partial charge in [0.1, 0.15) is 0 Å². The van der Waals surface area contributed by atoms with E-state index in [4.69, 9.17) is 11.6 Å². The first kappa shape index (κ1) is 12.2. The fraction of sp³-hybridized carbons (Fsp3) is 0.0714. The van der Waals surface area contributed by atoms with Crippen molar-refractivity contribution in [2.75, 3.05) is 0 Å². The van der Waals surface area contributed by atoms with Gasteiger partial charge in [0.2, 0.25) is 5.24 Å². The molecule has 18 heavy (non-hydrogen) atoms. The Morgan fingerprint density at radius 1 is 0.944 bits per heavy atom. The third-order valence-corrected chi connectivity index (χ3v) is 5.46. The zero-order valence-electron chi connectivity index (χ0n) is 9.35. The topological polar surface area (TPSA) is 17.1 Å². The van der Waals surface area contributed by atoms with Crippen molar-refractivity contribution in [2.45, 2.75) is 26.0 Å². The average molecular weight is 293 g/mol. The highest BCUT2D eigenvalue weighted by Crippen LogP contribution is 2.49. The number of rotatable bonds is 2. The minimum atomic E-state index is -0.312. The summed E-state index contributed by atoms with van der Waals surface area (Å²) >= 11 is 8.97. The number of fused-ring (bicyclic) bond motifs is 2. The Kier molecular flexibility index (Phi) is 3.37. The molecule has 2 aromatic carbocycles. The minimum absolute atomic E-state index is 0.292. The molecule has 3 rings (SSSR count). The minimum Gasteiger partial charge on any atom is -0.281 e. The van der Waals surface area contributed by atoms with Gasteiger partial charge in [0.15, 0.2) is 0 Å². The normalized spacial score (nSPS) is 12.7. The van der Waals surface area contributed by atoms with Crippen LogP contribution in [0.25, 0.3) is 0 Å². The van der Waals surface area contributed by atoms with Crippen LogP contribution >= 0.6 is 35.1 Å². The molecule has 0 fully saturated rings. The van der Waals surface area contributed by atoms with Crippen LogP contribution in [0.15, 0.2) is 62.0 Å². The molecule has 0 radical (unpaired) electrons. The number of benzene rings is 2. The molecule has 1 aliphatic heterocycles. The zero-order chi connectivity index (χ0) is 12.5. The van der Waals surface area contributed by atoms with Crippen molar-refractivity contribution in [3.63, 3.8) is 0 Å². The predicted molar refractivity (Wildman–Crippen MR) is 75.7 cm³/mol. The van der Waals surface area contributed by atoms with Crippen LogP contribution in [0.5, 0.6) is 0 Å². The first-order chi connectivity index (χ1) is 8.74. The molecule has 2 aromatic rings. The number of hydrogen-bond acceptors (Lipinski definition) is 3. The standard InChI is InChI=1S/C14H9ClOS2/c15-13(16)8-9-4-3-7-12-14(9)18-11-6-2-1-5-10(11)17-12/h1-7H,8H2. The monoisotopic (exact) mass is 292 g/mol. The summed E-state index contributed by atoms with van der Waals surface area (Å²) in [5.41, 5.74) is 1.01. The lowest BCUT2D eigenvalue weighted by atomic mass is 10.2. The lowest BCUT2D eigenvalue weighted by Crippen LogP contribution is -1.99. The second kappa shape index (κ2) is 5.00. The van der Waals surface area contributed by atoms with Crippen molar-refractivity contribution >= 4 is 40.4 Å². The molecule has 1 aliphatic rings. The Labute approximate surface area is 119 Å². The van der Waals surface area contributed by atoms with E-state index >= 15 is 0 Å². The van der Waals surface area contributed by atoms with Crippen LogP contribution in [0.4, 0.5) is 0 Å². The van der Waals surface area contributed by atoms with Crippen LogP contribution in [-0.4, -0.2) is 5.24 Å². The van der Waals surface area contributed by atoms with Crippen LogP contribution < -0.4 is 0 Å². The molecule has 0 spiro atoms. The van der Waals surface area contributed by atoms with Crippen molar-refractivity contribution in [3.05, 3.63) is 48.0 Å². The van der Waals surface area contributed by atoms with Crippen LogP contribution in [0, 0.1) is 0 Å². The Balaban J connectivity index is 2.04. The van der Waals surface area contributed by atoms with Crippen molar-refractivity contribution < 1.29 is 4.79 Å². The summed E-state index contributed by atoms with van der Waals surface area (Å²) in [7, 11) is 0. The van der Waals surface area contributed by atoms with E-state index in [0.717, 1.165) is 10.5 Å². The number of carbonyl (C=O) groups is 1. The molecule has 1 heterocycles. The number of halogens is 1. The van der Waals surface area contributed by atoms with Crippen molar-refractivity contribution in [2.24, 2.45) is 0 Å². The average Bonchev–Trinajstić information content (AvgIpc) is 2.36. The van der Waals surface area contributed by atoms with E-state index in [1.165, 1.54) is 14.7 Å². The molecule has 0 aromatic heterocycles. The maximum absolute atomic E-state index is 11.1. The Morgan fingerprint density at radius 3 is 2.33 bits per heavy atom. The number of hydrogen-bond donors (Lipinski definition) is 0. The van der Waals surface area contributed by atoms with Gasteiger partial charge in [-0.1, -0.05) is 47.8 Å². The van der Waals surface area contributed by atoms with Gasteiger partial charge in [-0.3, -0.25) is 4.79 Å². The second-order valence-electron chi connectivity index (χ2n) is 3.93. The van der Waals surface area contributed by atoms with E-state index in [-0.39, 0.29) is 5.24 Å². The molecule has 4 heteroatoms. The largest absolute Gasteiger partial charge is 0.281 e. The van der Waals surface area contributed by atoms with Gasteiger partial charge in [0, 0.05) is 26.0 Å². The highest BCUT2D eigenvalue weighted by atomic mass is 35.5. The Hall–Kier alpha value is -0.900. The molecule has 0 bridgehead atoms. The predicted octanol–water partition coefficient (Wildman–Crippen LogP) is 4.61. The van der Waals surface area contributed by atoms with E-state index in [1.54, 1.807) is 23.5 Å². The molecule has 0 aliphatic carbocycles. The van der Waals surface area contributed by atoms with Crippen molar-refractivity contribution in [1.82, 2.24) is 0 Å². The van der Waals surface area contributed by atoms with Crippen LogP contribution in [-0.2, 0) is 11.2 Å². The molecule has 90 valence electrons. The van der Waals surface area contributed by atoms with Gasteiger partial charge >= 0.3 is 0 Å². The molecule has 0 atom stereocenters. The molecule has 0 saturated carbocycles. The third-order valence-electron chi connectivity index (χ3n) is 2.67. The van der Waals surface area contributed by atoms with Crippen LogP contribution in [0.1, 0.15) is 5.56 Å². The Morgan fingerprint density at radius 2 is 1.61 bits per heavy atom. The van der Waals surface area contributed by atoms with Gasteiger partial charge in [-0.2, -0.15) is 0 Å². The molecule has 0 saturated heterocycles. The zero-order valence-corrected chi connectivity index (χ0v) is 11.7. The smallest absolute Gasteiger partial charge is 0.226 e. The summed E-state index contributed by atoms with van der Waals surface area (Å²) in [4.78, 5) is 16.0. The molecule has 0 amide bonds.